The SMILES string of the molecule is Cc1cc(C(=O)CSC(c2ccccc2)c2ccccc2)c(C)n1C. The Kier molecular flexibility index (Phi) is 5.44. The van der Waals surface area contributed by atoms with Crippen molar-refractivity contribution >= 4 is 17.5 Å². The van der Waals surface area contributed by atoms with E-state index in [2.05, 4.69) is 53.1 Å². The Bertz CT molecular complexity index is 813. The van der Waals surface area contributed by atoms with E-state index in [9.17, 15) is 4.79 Å². The number of hydrogen-bond acceptors (Lipinski definition) is 2. The number of carbonyl (C=O) groups is 1. The zero-order chi connectivity index (χ0) is 17.8. The highest BCUT2D eigenvalue weighted by atomic mass is 32.2. The number of hydrogen-bond donors (Lipinski definition) is 0. The molecule has 1 heterocycles. The molecule has 0 atom stereocenters. The van der Waals surface area contributed by atoms with Gasteiger partial charge in [-0.15, -0.1) is 11.8 Å². The van der Waals surface area contributed by atoms with Gasteiger partial charge in [0.05, 0.1) is 11.0 Å². The second-order valence-electron chi connectivity index (χ2n) is 6.28. The molecule has 0 N–H and O–H groups in total. The second kappa shape index (κ2) is 7.75. The van der Waals surface area contributed by atoms with Gasteiger partial charge in [-0.25, -0.2) is 0 Å². The number of Topliss-reactive ketones (excluding diaryl/α,β-unsaturated/α-hetero) is 1. The lowest BCUT2D eigenvalue weighted by atomic mass is 10.0. The fraction of sp³-hybridized carbons (Fsp3) is 0.227. The van der Waals surface area contributed by atoms with Gasteiger partial charge in [0.15, 0.2) is 5.78 Å². The summed E-state index contributed by atoms with van der Waals surface area (Å²) in [6.45, 7) is 4.05. The van der Waals surface area contributed by atoms with E-state index in [-0.39, 0.29) is 11.0 Å². The molecule has 0 bridgehead atoms. The van der Waals surface area contributed by atoms with Crippen molar-refractivity contribution in [2.75, 3.05) is 5.75 Å². The van der Waals surface area contributed by atoms with Crippen LogP contribution in [-0.4, -0.2) is 16.1 Å². The van der Waals surface area contributed by atoms with Gasteiger partial charge in [-0.3, -0.25) is 4.79 Å². The maximum absolute atomic E-state index is 12.8. The lowest BCUT2D eigenvalue weighted by molar-refractivity contribution is 0.102. The topological polar surface area (TPSA) is 22.0 Å². The van der Waals surface area contributed by atoms with Gasteiger partial charge in [-0.2, -0.15) is 0 Å². The Morgan fingerprint density at radius 3 is 1.92 bits per heavy atom. The molecule has 0 saturated carbocycles. The van der Waals surface area contributed by atoms with E-state index in [1.165, 1.54) is 11.1 Å². The zero-order valence-electron chi connectivity index (χ0n) is 14.9. The zero-order valence-corrected chi connectivity index (χ0v) is 15.7. The van der Waals surface area contributed by atoms with Gasteiger partial charge in [-0.05, 0) is 31.0 Å². The van der Waals surface area contributed by atoms with Crippen LogP contribution in [0.1, 0.15) is 38.1 Å². The molecular formula is C22H23NOS. The van der Waals surface area contributed by atoms with Gasteiger partial charge in [0.25, 0.3) is 0 Å². The second-order valence-corrected chi connectivity index (χ2v) is 7.37. The lowest BCUT2D eigenvalue weighted by Gasteiger charge is -2.17. The quantitative estimate of drug-likeness (QED) is 0.560. The monoisotopic (exact) mass is 349 g/mol. The fourth-order valence-electron chi connectivity index (χ4n) is 3.01. The first-order valence-corrected chi connectivity index (χ1v) is 9.50. The summed E-state index contributed by atoms with van der Waals surface area (Å²) in [5, 5.41) is 0.163. The van der Waals surface area contributed by atoms with Crippen molar-refractivity contribution < 1.29 is 4.79 Å². The molecule has 1 aromatic heterocycles. The molecule has 128 valence electrons. The van der Waals surface area contributed by atoms with Gasteiger partial charge >= 0.3 is 0 Å². The van der Waals surface area contributed by atoms with Gasteiger partial charge in [0.1, 0.15) is 0 Å². The summed E-state index contributed by atoms with van der Waals surface area (Å²) in [4.78, 5) is 12.8. The molecule has 0 spiro atoms. The third-order valence-corrected chi connectivity index (χ3v) is 5.97. The van der Waals surface area contributed by atoms with Crippen LogP contribution in [0.3, 0.4) is 0 Å². The summed E-state index contributed by atoms with van der Waals surface area (Å²) in [6, 6.07) is 22.8. The van der Waals surface area contributed by atoms with Crippen LogP contribution in [0.5, 0.6) is 0 Å². The average Bonchev–Trinajstić information content (AvgIpc) is 2.91. The molecule has 0 radical (unpaired) electrons. The molecule has 3 aromatic rings. The van der Waals surface area contributed by atoms with Crippen LogP contribution in [0, 0.1) is 13.8 Å². The normalized spacial score (nSPS) is 11.0. The maximum atomic E-state index is 12.8. The number of aryl methyl sites for hydroxylation is 1. The van der Waals surface area contributed by atoms with E-state index in [0.29, 0.717) is 5.75 Å². The van der Waals surface area contributed by atoms with Gasteiger partial charge in [-0.1, -0.05) is 60.7 Å². The predicted octanol–water partition coefficient (Wildman–Crippen LogP) is 5.35. The molecule has 0 aliphatic rings. The number of carbonyl (C=O) groups excluding carboxylic acids is 1. The molecule has 0 saturated heterocycles. The van der Waals surface area contributed by atoms with Crippen molar-refractivity contribution in [1.82, 2.24) is 4.57 Å². The van der Waals surface area contributed by atoms with Crippen LogP contribution in [-0.2, 0) is 7.05 Å². The molecule has 2 aromatic carbocycles. The Balaban J connectivity index is 1.82. The lowest BCUT2D eigenvalue weighted by Crippen LogP contribution is -2.07. The van der Waals surface area contributed by atoms with Crippen LogP contribution < -0.4 is 0 Å². The minimum Gasteiger partial charge on any atom is -0.351 e. The molecule has 3 heteroatoms. The summed E-state index contributed by atoms with van der Waals surface area (Å²) in [5.41, 5.74) is 5.46. The third-order valence-electron chi connectivity index (χ3n) is 4.66. The van der Waals surface area contributed by atoms with Crippen molar-refractivity contribution in [3.05, 3.63) is 94.8 Å². The first-order valence-electron chi connectivity index (χ1n) is 8.45. The molecule has 0 unspecified atom stereocenters. The number of nitrogens with zero attached hydrogens (tertiary/aromatic N) is 1. The van der Waals surface area contributed by atoms with Crippen LogP contribution in [0.4, 0.5) is 0 Å². The standard InChI is InChI=1S/C22H23NOS/c1-16-14-20(17(2)23(16)3)21(24)15-25-22(18-10-6-4-7-11-18)19-12-8-5-9-13-19/h4-14,22H,15H2,1-3H3. The maximum Gasteiger partial charge on any atom is 0.174 e. The van der Waals surface area contributed by atoms with Crippen molar-refractivity contribution in [1.29, 1.82) is 0 Å². The first-order chi connectivity index (χ1) is 12.1. The molecular weight excluding hydrogens is 326 g/mol. The number of aromatic nitrogens is 1. The average molecular weight is 349 g/mol. The highest BCUT2D eigenvalue weighted by Gasteiger charge is 2.19. The van der Waals surface area contributed by atoms with E-state index < -0.39 is 0 Å². The van der Waals surface area contributed by atoms with E-state index in [1.807, 2.05) is 39.1 Å². The molecule has 25 heavy (non-hydrogen) atoms. The Hall–Kier alpha value is -2.26. The van der Waals surface area contributed by atoms with Gasteiger partial charge in [0.2, 0.25) is 0 Å². The molecule has 0 amide bonds. The summed E-state index contributed by atoms with van der Waals surface area (Å²) in [7, 11) is 2.01. The van der Waals surface area contributed by atoms with E-state index in [0.717, 1.165) is 17.0 Å². The molecule has 0 aliphatic heterocycles. The number of rotatable bonds is 6. The third kappa shape index (κ3) is 3.88. The Morgan fingerprint density at radius 2 is 1.48 bits per heavy atom. The first kappa shape index (κ1) is 17.6. The fourth-order valence-corrected chi connectivity index (χ4v) is 4.19. The van der Waals surface area contributed by atoms with Crippen LogP contribution in [0.15, 0.2) is 66.7 Å². The van der Waals surface area contributed by atoms with Crippen molar-refractivity contribution in [3.8, 4) is 0 Å². The smallest absolute Gasteiger partial charge is 0.174 e. The van der Waals surface area contributed by atoms with Crippen LogP contribution in [0.25, 0.3) is 0 Å². The molecule has 3 rings (SSSR count). The van der Waals surface area contributed by atoms with Crippen molar-refractivity contribution in [3.63, 3.8) is 0 Å². The summed E-state index contributed by atoms with van der Waals surface area (Å²) in [6.07, 6.45) is 0. The van der Waals surface area contributed by atoms with Crippen LogP contribution >= 0.6 is 11.8 Å². The Labute approximate surface area is 153 Å². The largest absolute Gasteiger partial charge is 0.351 e. The van der Waals surface area contributed by atoms with Crippen LogP contribution in [0.2, 0.25) is 0 Å². The van der Waals surface area contributed by atoms with Gasteiger partial charge in [0, 0.05) is 24.0 Å². The molecule has 0 aliphatic carbocycles. The number of thioether (sulfide) groups is 1. The highest BCUT2D eigenvalue weighted by molar-refractivity contribution is 8.00. The van der Waals surface area contributed by atoms with E-state index in [1.54, 1.807) is 11.8 Å². The summed E-state index contributed by atoms with van der Waals surface area (Å²) >= 11 is 1.70. The molecule has 2 nitrogen and oxygen atoms in total. The predicted molar refractivity (Wildman–Crippen MR) is 106 cm³/mol. The van der Waals surface area contributed by atoms with Gasteiger partial charge < -0.3 is 4.57 Å². The minimum atomic E-state index is 0.163. The summed E-state index contributed by atoms with van der Waals surface area (Å²) in [5.74, 6) is 0.668. The van der Waals surface area contributed by atoms with Crippen molar-refractivity contribution in [2.24, 2.45) is 7.05 Å². The van der Waals surface area contributed by atoms with E-state index >= 15 is 0 Å². The van der Waals surface area contributed by atoms with Crippen molar-refractivity contribution in [2.45, 2.75) is 19.1 Å². The van der Waals surface area contributed by atoms with E-state index in [4.69, 9.17) is 0 Å². The molecule has 0 fully saturated rings. The number of benzene rings is 2. The number of ketones is 1. The summed E-state index contributed by atoms with van der Waals surface area (Å²) < 4.78 is 2.07. The highest BCUT2D eigenvalue weighted by Crippen LogP contribution is 2.36. The Morgan fingerprint density at radius 1 is 0.960 bits per heavy atom. The minimum absolute atomic E-state index is 0.163.